The average molecular weight is 404 g/mol. The van der Waals surface area contributed by atoms with Crippen molar-refractivity contribution < 1.29 is 4.57 Å². The van der Waals surface area contributed by atoms with Gasteiger partial charge in [0, 0.05) is 41.2 Å². The maximum atomic E-state index is 5.22. The molecule has 0 amide bonds. The lowest BCUT2D eigenvalue weighted by Gasteiger charge is -2.12. The topological polar surface area (TPSA) is 16.8 Å². The summed E-state index contributed by atoms with van der Waals surface area (Å²) in [5, 5.41) is 0. The Morgan fingerprint density at radius 1 is 0.710 bits per heavy atom. The molecule has 4 aromatic rings. The average Bonchev–Trinajstić information content (AvgIpc) is 3.27. The van der Waals surface area contributed by atoms with E-state index in [1.165, 1.54) is 78.3 Å². The monoisotopic (exact) mass is 403 g/mol. The van der Waals surface area contributed by atoms with Crippen LogP contribution in [0.3, 0.4) is 0 Å². The first-order valence-electron chi connectivity index (χ1n) is 11.1. The molecule has 0 aliphatic heterocycles. The number of hydrogen-bond acceptors (Lipinski definition) is 1. The van der Waals surface area contributed by atoms with Crippen molar-refractivity contribution in [3.8, 4) is 33.5 Å². The van der Waals surface area contributed by atoms with Gasteiger partial charge in [0.1, 0.15) is 7.05 Å². The number of hydrogen-bond donors (Lipinski definition) is 0. The lowest BCUT2D eigenvalue weighted by atomic mass is 9.93. The Bertz CT molecular complexity index is 1430. The van der Waals surface area contributed by atoms with Crippen molar-refractivity contribution in [1.82, 2.24) is 4.98 Å². The highest BCUT2D eigenvalue weighted by Gasteiger charge is 2.32. The Kier molecular flexibility index (Phi) is 3.80. The number of benzene rings is 2. The van der Waals surface area contributed by atoms with E-state index in [1.807, 2.05) is 0 Å². The lowest BCUT2D eigenvalue weighted by molar-refractivity contribution is -0.660. The Balaban J connectivity index is 1.57. The molecule has 2 heteroatoms. The minimum atomic E-state index is 0.906. The van der Waals surface area contributed by atoms with Crippen molar-refractivity contribution in [3.05, 3.63) is 93.4 Å². The van der Waals surface area contributed by atoms with Gasteiger partial charge in [-0.1, -0.05) is 29.8 Å². The molecule has 0 atom stereocenters. The molecular weight excluding hydrogens is 376 g/mol. The minimum absolute atomic E-state index is 0.906. The molecule has 0 saturated heterocycles. The van der Waals surface area contributed by atoms with Crippen LogP contribution >= 0.6 is 0 Å². The van der Waals surface area contributed by atoms with Gasteiger partial charge in [0.05, 0.1) is 11.4 Å². The molecular formula is C29H27N2+. The molecule has 0 radical (unpaired) electrons. The standard InChI is InChI=1S/C29H27N2/c1-16-11-18(3)19(4)23(12-16)29-26-15-28-25(21(26)9-10-31(29)5)13-24-20-8-6-7-17(2)22(20)14-27(24)30-28/h6-13H,14-15H2,1-5H3/q+1. The van der Waals surface area contributed by atoms with Crippen LogP contribution in [-0.2, 0) is 19.9 Å². The third kappa shape index (κ3) is 2.57. The van der Waals surface area contributed by atoms with Crippen LogP contribution in [0.15, 0.2) is 48.7 Å². The van der Waals surface area contributed by atoms with E-state index in [0.29, 0.717) is 0 Å². The van der Waals surface area contributed by atoms with Crippen molar-refractivity contribution in [3.63, 3.8) is 0 Å². The fraction of sp³-hybridized carbons (Fsp3) is 0.241. The molecule has 0 spiro atoms. The van der Waals surface area contributed by atoms with Crippen molar-refractivity contribution >= 4 is 0 Å². The molecule has 0 N–H and O–H groups in total. The molecule has 2 aromatic heterocycles. The summed E-state index contributed by atoms with van der Waals surface area (Å²) < 4.78 is 2.29. The predicted octanol–water partition coefficient (Wildman–Crippen LogP) is 5.95. The molecule has 2 heterocycles. The Labute approximate surface area is 184 Å². The maximum absolute atomic E-state index is 5.22. The van der Waals surface area contributed by atoms with E-state index in [0.717, 1.165) is 12.8 Å². The molecule has 0 bridgehead atoms. The quantitative estimate of drug-likeness (QED) is 0.310. The fourth-order valence-electron chi connectivity index (χ4n) is 5.63. The van der Waals surface area contributed by atoms with Crippen LogP contribution in [0.5, 0.6) is 0 Å². The van der Waals surface area contributed by atoms with Crippen LogP contribution < -0.4 is 4.57 Å². The zero-order valence-corrected chi connectivity index (χ0v) is 18.9. The van der Waals surface area contributed by atoms with Crippen LogP contribution in [0.4, 0.5) is 0 Å². The highest BCUT2D eigenvalue weighted by molar-refractivity contribution is 5.87. The summed E-state index contributed by atoms with van der Waals surface area (Å²) in [5.74, 6) is 0. The Morgan fingerprint density at radius 2 is 1.42 bits per heavy atom. The normalized spacial score (nSPS) is 13.1. The second-order valence-corrected chi connectivity index (χ2v) is 9.35. The zero-order valence-electron chi connectivity index (χ0n) is 18.9. The second-order valence-electron chi connectivity index (χ2n) is 9.35. The van der Waals surface area contributed by atoms with Crippen LogP contribution in [0.25, 0.3) is 33.5 Å². The molecule has 31 heavy (non-hydrogen) atoms. The molecule has 152 valence electrons. The minimum Gasteiger partial charge on any atom is -0.256 e. The fourth-order valence-corrected chi connectivity index (χ4v) is 5.63. The number of aryl methyl sites for hydroxylation is 4. The second kappa shape index (κ2) is 6.37. The van der Waals surface area contributed by atoms with E-state index in [2.05, 4.69) is 88.0 Å². The summed E-state index contributed by atoms with van der Waals surface area (Å²) >= 11 is 0. The summed E-state index contributed by atoms with van der Waals surface area (Å²) in [6.07, 6.45) is 4.08. The lowest BCUT2D eigenvalue weighted by Crippen LogP contribution is -2.32. The van der Waals surface area contributed by atoms with E-state index in [9.17, 15) is 0 Å². The van der Waals surface area contributed by atoms with Gasteiger partial charge in [-0.15, -0.1) is 0 Å². The van der Waals surface area contributed by atoms with Crippen LogP contribution in [0.2, 0.25) is 0 Å². The van der Waals surface area contributed by atoms with Crippen molar-refractivity contribution in [1.29, 1.82) is 0 Å². The first-order valence-corrected chi connectivity index (χ1v) is 11.1. The number of aromatic nitrogens is 2. The van der Waals surface area contributed by atoms with E-state index in [-0.39, 0.29) is 0 Å². The SMILES string of the molecule is Cc1cc(C)c(C)c(-c2c3c(cc[n+]2C)-c2cc4c(nc2C3)Cc2c(C)cccc2-4)c1. The van der Waals surface area contributed by atoms with Crippen LogP contribution in [0.1, 0.15) is 44.8 Å². The molecule has 2 nitrogen and oxygen atoms in total. The van der Waals surface area contributed by atoms with Gasteiger partial charge >= 0.3 is 0 Å². The van der Waals surface area contributed by atoms with Gasteiger partial charge in [-0.05, 0) is 73.2 Å². The number of pyridine rings is 2. The van der Waals surface area contributed by atoms with Crippen molar-refractivity contribution in [2.45, 2.75) is 40.5 Å². The van der Waals surface area contributed by atoms with Gasteiger partial charge in [0.2, 0.25) is 5.69 Å². The van der Waals surface area contributed by atoms with Gasteiger partial charge in [-0.3, -0.25) is 4.98 Å². The summed E-state index contributed by atoms with van der Waals surface area (Å²) in [7, 11) is 2.17. The molecule has 2 aromatic carbocycles. The molecule has 0 unspecified atom stereocenters. The molecule has 2 aliphatic carbocycles. The van der Waals surface area contributed by atoms with Gasteiger partial charge in [0.15, 0.2) is 6.20 Å². The Morgan fingerprint density at radius 3 is 2.19 bits per heavy atom. The van der Waals surface area contributed by atoms with E-state index >= 15 is 0 Å². The highest BCUT2D eigenvalue weighted by Crippen LogP contribution is 2.45. The maximum Gasteiger partial charge on any atom is 0.216 e. The largest absolute Gasteiger partial charge is 0.256 e. The molecule has 6 rings (SSSR count). The summed E-state index contributed by atoms with van der Waals surface area (Å²) in [6, 6.07) is 16.0. The number of nitrogens with zero attached hydrogens (tertiary/aromatic N) is 2. The zero-order chi connectivity index (χ0) is 21.4. The highest BCUT2D eigenvalue weighted by atomic mass is 14.9. The van der Waals surface area contributed by atoms with E-state index < -0.39 is 0 Å². The summed E-state index contributed by atoms with van der Waals surface area (Å²) in [6.45, 7) is 8.87. The van der Waals surface area contributed by atoms with Gasteiger partial charge in [0.25, 0.3) is 0 Å². The number of fused-ring (bicyclic) bond motifs is 6. The predicted molar refractivity (Wildman–Crippen MR) is 126 cm³/mol. The van der Waals surface area contributed by atoms with Crippen LogP contribution in [-0.4, -0.2) is 4.98 Å². The molecule has 2 aliphatic rings. The third-order valence-corrected chi connectivity index (χ3v) is 7.35. The first-order chi connectivity index (χ1) is 14.9. The Hall–Kier alpha value is -3.26. The molecule has 0 fully saturated rings. The first kappa shape index (κ1) is 18.5. The molecule has 0 saturated carbocycles. The third-order valence-electron chi connectivity index (χ3n) is 7.35. The summed E-state index contributed by atoms with van der Waals surface area (Å²) in [5.41, 5.74) is 18.8. The van der Waals surface area contributed by atoms with Gasteiger partial charge < -0.3 is 0 Å². The van der Waals surface area contributed by atoms with Gasteiger partial charge in [-0.25, -0.2) is 4.57 Å². The van der Waals surface area contributed by atoms with Crippen LogP contribution in [0, 0.1) is 27.7 Å². The van der Waals surface area contributed by atoms with Crippen molar-refractivity contribution in [2.75, 3.05) is 0 Å². The smallest absolute Gasteiger partial charge is 0.216 e. The van der Waals surface area contributed by atoms with Crippen molar-refractivity contribution in [2.24, 2.45) is 7.05 Å². The van der Waals surface area contributed by atoms with E-state index in [1.54, 1.807) is 0 Å². The number of rotatable bonds is 1. The summed E-state index contributed by atoms with van der Waals surface area (Å²) in [4.78, 5) is 5.22. The van der Waals surface area contributed by atoms with Gasteiger partial charge in [-0.2, -0.15) is 0 Å². The van der Waals surface area contributed by atoms with E-state index in [4.69, 9.17) is 4.98 Å².